The number of carbonyl (C=O) groups is 1. The van der Waals surface area contributed by atoms with E-state index in [4.69, 9.17) is 27.3 Å². The number of oxime groups is 1. The molecule has 1 amide bonds. The van der Waals surface area contributed by atoms with Crippen molar-refractivity contribution in [2.75, 3.05) is 19.0 Å². The van der Waals surface area contributed by atoms with E-state index in [2.05, 4.69) is 10.5 Å². The van der Waals surface area contributed by atoms with E-state index >= 15 is 0 Å². The SMILES string of the molecule is COCCC(=O)Nc1ccc(/C(N)=N/O)cc1Cl. The predicted octanol–water partition coefficient (Wildman–Crippen LogP) is 1.41. The highest BCUT2D eigenvalue weighted by Gasteiger charge is 2.08. The van der Waals surface area contributed by atoms with Crippen molar-refractivity contribution in [1.82, 2.24) is 0 Å². The van der Waals surface area contributed by atoms with Crippen LogP contribution in [-0.4, -0.2) is 30.7 Å². The van der Waals surface area contributed by atoms with Gasteiger partial charge in [0.1, 0.15) is 0 Å². The Hall–Kier alpha value is -1.79. The molecule has 0 aliphatic heterocycles. The molecule has 0 bridgehead atoms. The normalized spacial score (nSPS) is 11.3. The van der Waals surface area contributed by atoms with Crippen LogP contribution in [0.25, 0.3) is 0 Å². The molecule has 98 valence electrons. The van der Waals surface area contributed by atoms with Crippen LogP contribution in [0.2, 0.25) is 5.02 Å². The van der Waals surface area contributed by atoms with Gasteiger partial charge in [-0.25, -0.2) is 0 Å². The van der Waals surface area contributed by atoms with Crippen LogP contribution in [0.1, 0.15) is 12.0 Å². The zero-order chi connectivity index (χ0) is 13.5. The Morgan fingerprint density at radius 1 is 1.61 bits per heavy atom. The van der Waals surface area contributed by atoms with Gasteiger partial charge < -0.3 is 21.0 Å². The van der Waals surface area contributed by atoms with E-state index in [0.717, 1.165) is 0 Å². The zero-order valence-corrected chi connectivity index (χ0v) is 10.6. The fourth-order valence-corrected chi connectivity index (χ4v) is 1.47. The Morgan fingerprint density at radius 2 is 2.33 bits per heavy atom. The smallest absolute Gasteiger partial charge is 0.226 e. The van der Waals surface area contributed by atoms with Crippen LogP contribution in [0.4, 0.5) is 5.69 Å². The third kappa shape index (κ3) is 3.90. The van der Waals surface area contributed by atoms with Crippen molar-refractivity contribution in [2.24, 2.45) is 10.9 Å². The number of halogens is 1. The number of hydrogen-bond donors (Lipinski definition) is 3. The van der Waals surface area contributed by atoms with E-state index in [0.29, 0.717) is 22.9 Å². The van der Waals surface area contributed by atoms with Crippen molar-refractivity contribution in [2.45, 2.75) is 6.42 Å². The molecule has 0 fully saturated rings. The first-order chi connectivity index (χ1) is 8.58. The molecule has 18 heavy (non-hydrogen) atoms. The van der Waals surface area contributed by atoms with Crippen molar-refractivity contribution < 1.29 is 14.7 Å². The van der Waals surface area contributed by atoms with E-state index in [9.17, 15) is 4.79 Å². The number of nitrogens with one attached hydrogen (secondary N) is 1. The van der Waals surface area contributed by atoms with Crippen LogP contribution < -0.4 is 11.1 Å². The second kappa shape index (κ2) is 6.83. The summed E-state index contributed by atoms with van der Waals surface area (Å²) in [5, 5.41) is 14.3. The molecule has 0 atom stereocenters. The number of hydrogen-bond acceptors (Lipinski definition) is 4. The number of rotatable bonds is 5. The van der Waals surface area contributed by atoms with E-state index in [1.807, 2.05) is 0 Å². The lowest BCUT2D eigenvalue weighted by atomic mass is 10.2. The molecule has 4 N–H and O–H groups in total. The lowest BCUT2D eigenvalue weighted by Gasteiger charge is -2.08. The lowest BCUT2D eigenvalue weighted by molar-refractivity contribution is -0.117. The first-order valence-electron chi connectivity index (χ1n) is 5.14. The zero-order valence-electron chi connectivity index (χ0n) is 9.81. The summed E-state index contributed by atoms with van der Waals surface area (Å²) in [4.78, 5) is 11.5. The molecule has 6 nitrogen and oxygen atoms in total. The number of ether oxygens (including phenoxy) is 1. The summed E-state index contributed by atoms with van der Waals surface area (Å²) < 4.78 is 4.79. The minimum atomic E-state index is -0.199. The molecule has 0 spiro atoms. The Morgan fingerprint density at radius 3 is 2.89 bits per heavy atom. The molecule has 0 heterocycles. The molecule has 0 saturated carbocycles. The Kier molecular flexibility index (Phi) is 5.41. The van der Waals surface area contributed by atoms with Gasteiger partial charge in [0.25, 0.3) is 0 Å². The van der Waals surface area contributed by atoms with E-state index in [1.54, 1.807) is 12.1 Å². The summed E-state index contributed by atoms with van der Waals surface area (Å²) in [7, 11) is 1.52. The van der Waals surface area contributed by atoms with E-state index in [-0.39, 0.29) is 18.2 Å². The topological polar surface area (TPSA) is 96.9 Å². The number of nitrogens with two attached hydrogens (primary N) is 1. The molecule has 0 saturated heterocycles. The van der Waals surface area contributed by atoms with E-state index in [1.165, 1.54) is 13.2 Å². The summed E-state index contributed by atoms with van der Waals surface area (Å²) >= 11 is 5.97. The fraction of sp³-hybridized carbons (Fsp3) is 0.273. The van der Waals surface area contributed by atoms with Gasteiger partial charge in [0.15, 0.2) is 5.84 Å². The maximum Gasteiger partial charge on any atom is 0.226 e. The van der Waals surface area contributed by atoms with Gasteiger partial charge in [-0.1, -0.05) is 16.8 Å². The third-order valence-corrected chi connectivity index (χ3v) is 2.49. The summed E-state index contributed by atoms with van der Waals surface area (Å²) in [5.74, 6) is -0.246. The highest BCUT2D eigenvalue weighted by atomic mass is 35.5. The Bertz CT molecular complexity index is 463. The average Bonchev–Trinajstić information content (AvgIpc) is 2.37. The fourth-order valence-electron chi connectivity index (χ4n) is 1.24. The summed E-state index contributed by atoms with van der Waals surface area (Å²) in [6.45, 7) is 0.339. The van der Waals surface area contributed by atoms with Gasteiger partial charge >= 0.3 is 0 Å². The molecule has 0 aromatic heterocycles. The number of carbonyl (C=O) groups excluding carboxylic acids is 1. The van der Waals surface area contributed by atoms with Gasteiger partial charge in [-0.2, -0.15) is 0 Å². The van der Waals surface area contributed by atoms with Crippen molar-refractivity contribution in [3.05, 3.63) is 28.8 Å². The highest BCUT2D eigenvalue weighted by Crippen LogP contribution is 2.23. The minimum absolute atomic E-state index is 0.0471. The van der Waals surface area contributed by atoms with Gasteiger partial charge in [0.2, 0.25) is 5.91 Å². The largest absolute Gasteiger partial charge is 0.409 e. The van der Waals surface area contributed by atoms with Crippen LogP contribution in [0.15, 0.2) is 23.4 Å². The predicted molar refractivity (Wildman–Crippen MR) is 69.1 cm³/mol. The Balaban J connectivity index is 2.77. The third-order valence-electron chi connectivity index (χ3n) is 2.18. The maximum atomic E-state index is 11.5. The van der Waals surface area contributed by atoms with Gasteiger partial charge in [-0.3, -0.25) is 4.79 Å². The molecular weight excluding hydrogens is 258 g/mol. The maximum absolute atomic E-state index is 11.5. The minimum Gasteiger partial charge on any atom is -0.409 e. The number of amides is 1. The van der Waals surface area contributed by atoms with Gasteiger partial charge in [-0.15, -0.1) is 0 Å². The highest BCUT2D eigenvalue weighted by molar-refractivity contribution is 6.34. The number of methoxy groups -OCH3 is 1. The van der Waals surface area contributed by atoms with Gasteiger partial charge in [0.05, 0.1) is 23.7 Å². The number of amidine groups is 1. The summed E-state index contributed by atoms with van der Waals surface area (Å²) in [5.41, 5.74) is 6.35. The summed E-state index contributed by atoms with van der Waals surface area (Å²) in [6, 6.07) is 4.68. The van der Waals surface area contributed by atoms with Crippen LogP contribution >= 0.6 is 11.6 Å². The van der Waals surface area contributed by atoms with Crippen LogP contribution in [0.5, 0.6) is 0 Å². The van der Waals surface area contributed by atoms with E-state index < -0.39 is 0 Å². The number of nitrogens with zero attached hydrogens (tertiary/aromatic N) is 1. The van der Waals surface area contributed by atoms with Gasteiger partial charge in [-0.05, 0) is 18.2 Å². The molecular formula is C11H14ClN3O3. The molecule has 0 unspecified atom stereocenters. The van der Waals surface area contributed by atoms with Crippen molar-refractivity contribution >= 4 is 29.0 Å². The molecule has 7 heteroatoms. The molecule has 1 aromatic carbocycles. The first-order valence-corrected chi connectivity index (χ1v) is 5.52. The van der Waals surface area contributed by atoms with Crippen LogP contribution in [0, 0.1) is 0 Å². The van der Waals surface area contributed by atoms with Gasteiger partial charge in [0, 0.05) is 12.7 Å². The molecule has 0 aliphatic rings. The lowest BCUT2D eigenvalue weighted by Crippen LogP contribution is -2.15. The standard InChI is InChI=1S/C11H14ClN3O3/c1-18-5-4-10(16)14-9-3-2-7(6-8(9)12)11(13)15-17/h2-3,6,17H,4-5H2,1H3,(H2,13,15)(H,14,16). The Labute approximate surface area is 109 Å². The average molecular weight is 272 g/mol. The molecule has 1 rings (SSSR count). The van der Waals surface area contributed by atoms with Crippen molar-refractivity contribution in [1.29, 1.82) is 0 Å². The van der Waals surface area contributed by atoms with Crippen LogP contribution in [-0.2, 0) is 9.53 Å². The number of benzene rings is 1. The first kappa shape index (κ1) is 14.3. The summed E-state index contributed by atoms with van der Waals surface area (Å²) in [6.07, 6.45) is 0.245. The second-order valence-electron chi connectivity index (χ2n) is 3.47. The number of anilines is 1. The second-order valence-corrected chi connectivity index (χ2v) is 3.88. The monoisotopic (exact) mass is 271 g/mol. The molecule has 1 aromatic rings. The van der Waals surface area contributed by atoms with Crippen LogP contribution in [0.3, 0.4) is 0 Å². The van der Waals surface area contributed by atoms with Crippen molar-refractivity contribution in [3.8, 4) is 0 Å². The quantitative estimate of drug-likeness (QED) is 0.326. The molecule has 0 radical (unpaired) electrons. The van der Waals surface area contributed by atoms with Crippen molar-refractivity contribution in [3.63, 3.8) is 0 Å². The molecule has 0 aliphatic carbocycles.